The van der Waals surface area contributed by atoms with E-state index in [-0.39, 0.29) is 11.8 Å². The first-order valence-corrected chi connectivity index (χ1v) is 10.2. The second-order valence-electron chi connectivity index (χ2n) is 7.77. The van der Waals surface area contributed by atoms with Crippen molar-refractivity contribution in [2.45, 2.75) is 31.7 Å². The fourth-order valence-electron chi connectivity index (χ4n) is 4.57. The Bertz CT molecular complexity index is 634. The maximum Gasteiger partial charge on any atom is 0.289 e. The number of morpholine rings is 1. The lowest BCUT2D eigenvalue weighted by atomic mass is 9.92. The number of carbonyl (C=O) groups excluding carboxylic acids is 2. The molecule has 0 spiro atoms. The molecule has 0 unspecified atom stereocenters. The Hall–Kier alpha value is -1.86. The minimum Gasteiger partial charge on any atom is -0.459 e. The predicted octanol–water partition coefficient (Wildman–Crippen LogP) is 1.45. The van der Waals surface area contributed by atoms with Crippen LogP contribution >= 0.6 is 0 Å². The second kappa shape index (κ2) is 8.44. The number of likely N-dealkylation sites (tertiary alicyclic amines) is 2. The highest BCUT2D eigenvalue weighted by atomic mass is 16.5. The second-order valence-corrected chi connectivity index (χ2v) is 7.77. The first kappa shape index (κ1) is 18.5. The van der Waals surface area contributed by atoms with Crippen molar-refractivity contribution < 1.29 is 18.7 Å². The molecule has 0 aliphatic carbocycles. The van der Waals surface area contributed by atoms with Crippen molar-refractivity contribution in [1.82, 2.24) is 14.7 Å². The number of hydrogen-bond acceptors (Lipinski definition) is 5. The molecule has 4 rings (SSSR count). The maximum absolute atomic E-state index is 12.8. The minimum atomic E-state index is -0.0162. The Balaban J connectivity index is 1.29. The van der Waals surface area contributed by atoms with E-state index in [1.807, 2.05) is 9.80 Å². The number of amides is 2. The first-order valence-electron chi connectivity index (χ1n) is 10.2. The number of ether oxygens (including phenoxy) is 1. The monoisotopic (exact) mass is 375 g/mol. The summed E-state index contributed by atoms with van der Waals surface area (Å²) in [6, 6.07) is 3.94. The Morgan fingerprint density at radius 3 is 2.44 bits per heavy atom. The molecule has 0 aromatic carbocycles. The molecule has 0 bridgehead atoms. The Labute approximate surface area is 160 Å². The van der Waals surface area contributed by atoms with E-state index < -0.39 is 0 Å². The summed E-state index contributed by atoms with van der Waals surface area (Å²) in [7, 11) is 0. The van der Waals surface area contributed by atoms with Crippen LogP contribution in [-0.4, -0.2) is 85.0 Å². The minimum absolute atomic E-state index is 0.0162. The highest BCUT2D eigenvalue weighted by molar-refractivity contribution is 5.91. The molecular weight excluding hydrogens is 346 g/mol. The van der Waals surface area contributed by atoms with Gasteiger partial charge in [-0.25, -0.2) is 0 Å². The van der Waals surface area contributed by atoms with E-state index in [0.29, 0.717) is 30.9 Å². The molecule has 3 fully saturated rings. The fraction of sp³-hybridized carbons (Fsp3) is 0.700. The summed E-state index contributed by atoms with van der Waals surface area (Å²) < 4.78 is 10.6. The van der Waals surface area contributed by atoms with Crippen LogP contribution in [0.5, 0.6) is 0 Å². The standard InChI is InChI=1S/C20H29N3O4/c24-19(22-10-13-26-14-11-22)16-3-1-7-23(15-16)17-5-8-21(9-6-17)20(25)18-4-2-12-27-18/h2,4,12,16-17H,1,3,5-11,13-15H2/t16-/m0/s1. The smallest absolute Gasteiger partial charge is 0.289 e. The molecule has 3 saturated heterocycles. The number of rotatable bonds is 3. The lowest BCUT2D eigenvalue weighted by molar-refractivity contribution is -0.141. The average molecular weight is 375 g/mol. The largest absolute Gasteiger partial charge is 0.459 e. The van der Waals surface area contributed by atoms with Gasteiger partial charge in [-0.1, -0.05) is 0 Å². The van der Waals surface area contributed by atoms with Gasteiger partial charge < -0.3 is 19.0 Å². The van der Waals surface area contributed by atoms with Gasteiger partial charge >= 0.3 is 0 Å². The number of nitrogens with zero attached hydrogens (tertiary/aromatic N) is 3. The first-order chi connectivity index (χ1) is 13.2. The molecule has 1 atom stereocenters. The third-order valence-corrected chi connectivity index (χ3v) is 6.12. The third-order valence-electron chi connectivity index (χ3n) is 6.12. The van der Waals surface area contributed by atoms with Gasteiger partial charge in [0.05, 0.1) is 25.4 Å². The summed E-state index contributed by atoms with van der Waals surface area (Å²) in [6.07, 6.45) is 5.53. The lowest BCUT2D eigenvalue weighted by Crippen LogP contribution is -2.53. The highest BCUT2D eigenvalue weighted by Gasteiger charge is 2.34. The summed E-state index contributed by atoms with van der Waals surface area (Å²) >= 11 is 0. The molecule has 3 aliphatic heterocycles. The molecule has 0 saturated carbocycles. The van der Waals surface area contributed by atoms with Crippen molar-refractivity contribution >= 4 is 11.8 Å². The average Bonchev–Trinajstić information content (AvgIpc) is 3.28. The van der Waals surface area contributed by atoms with Crippen LogP contribution in [0, 0.1) is 5.92 Å². The van der Waals surface area contributed by atoms with E-state index >= 15 is 0 Å². The van der Waals surface area contributed by atoms with Crippen LogP contribution in [0.1, 0.15) is 36.2 Å². The molecule has 7 nitrogen and oxygen atoms in total. The molecule has 0 N–H and O–H groups in total. The van der Waals surface area contributed by atoms with Gasteiger partial charge in [0.25, 0.3) is 5.91 Å². The predicted molar refractivity (Wildman–Crippen MR) is 99.3 cm³/mol. The zero-order valence-electron chi connectivity index (χ0n) is 15.8. The number of piperidine rings is 2. The SMILES string of the molecule is O=C(c1ccco1)N1CCC(N2CCC[C@H](C(=O)N3CCOCC3)C2)CC1. The number of furan rings is 1. The van der Waals surface area contributed by atoms with Gasteiger partial charge in [0.1, 0.15) is 0 Å². The molecular formula is C20H29N3O4. The number of carbonyl (C=O) groups is 2. The van der Waals surface area contributed by atoms with Gasteiger partial charge in [0.15, 0.2) is 5.76 Å². The lowest BCUT2D eigenvalue weighted by Gasteiger charge is -2.42. The van der Waals surface area contributed by atoms with E-state index in [2.05, 4.69) is 4.90 Å². The summed E-state index contributed by atoms with van der Waals surface area (Å²) in [6.45, 7) is 6.18. The zero-order valence-corrected chi connectivity index (χ0v) is 15.8. The van der Waals surface area contributed by atoms with Crippen molar-refractivity contribution in [3.05, 3.63) is 24.2 Å². The molecule has 1 aromatic rings. The van der Waals surface area contributed by atoms with E-state index in [0.717, 1.165) is 65.0 Å². The van der Waals surface area contributed by atoms with E-state index in [1.165, 1.54) is 0 Å². The summed E-state index contributed by atoms with van der Waals surface area (Å²) in [5.41, 5.74) is 0. The molecule has 4 heterocycles. The van der Waals surface area contributed by atoms with Gasteiger partial charge in [-0.3, -0.25) is 14.5 Å². The molecule has 0 radical (unpaired) electrons. The van der Waals surface area contributed by atoms with Crippen LogP contribution in [0.2, 0.25) is 0 Å². The van der Waals surface area contributed by atoms with Crippen LogP contribution in [0.15, 0.2) is 22.8 Å². The van der Waals surface area contributed by atoms with Crippen LogP contribution in [-0.2, 0) is 9.53 Å². The molecule has 1 aromatic heterocycles. The maximum atomic E-state index is 12.8. The van der Waals surface area contributed by atoms with Crippen molar-refractivity contribution in [2.24, 2.45) is 5.92 Å². The fourth-order valence-corrected chi connectivity index (χ4v) is 4.57. The summed E-state index contributed by atoms with van der Waals surface area (Å²) in [5, 5.41) is 0. The van der Waals surface area contributed by atoms with E-state index in [4.69, 9.17) is 9.15 Å². The Kier molecular flexibility index (Phi) is 5.78. The highest BCUT2D eigenvalue weighted by Crippen LogP contribution is 2.26. The zero-order chi connectivity index (χ0) is 18.6. The van der Waals surface area contributed by atoms with Crippen LogP contribution in [0.25, 0.3) is 0 Å². The third kappa shape index (κ3) is 4.19. The van der Waals surface area contributed by atoms with E-state index in [1.54, 1.807) is 18.4 Å². The molecule has 7 heteroatoms. The van der Waals surface area contributed by atoms with Crippen molar-refractivity contribution in [1.29, 1.82) is 0 Å². The van der Waals surface area contributed by atoms with Gasteiger partial charge in [0.2, 0.25) is 5.91 Å². The van der Waals surface area contributed by atoms with Crippen molar-refractivity contribution in [3.8, 4) is 0 Å². The van der Waals surface area contributed by atoms with Gasteiger partial charge in [-0.2, -0.15) is 0 Å². The topological polar surface area (TPSA) is 66.2 Å². The van der Waals surface area contributed by atoms with Crippen LogP contribution in [0.4, 0.5) is 0 Å². The van der Waals surface area contributed by atoms with Crippen molar-refractivity contribution in [3.63, 3.8) is 0 Å². The Morgan fingerprint density at radius 2 is 1.74 bits per heavy atom. The van der Waals surface area contributed by atoms with Crippen molar-refractivity contribution in [2.75, 3.05) is 52.5 Å². The molecule has 2 amide bonds. The molecule has 27 heavy (non-hydrogen) atoms. The van der Waals surface area contributed by atoms with Gasteiger partial charge in [-0.05, 0) is 44.4 Å². The van der Waals surface area contributed by atoms with Crippen LogP contribution in [0.3, 0.4) is 0 Å². The van der Waals surface area contributed by atoms with E-state index in [9.17, 15) is 9.59 Å². The molecule has 148 valence electrons. The number of hydrogen-bond donors (Lipinski definition) is 0. The summed E-state index contributed by atoms with van der Waals surface area (Å²) in [4.78, 5) is 31.6. The van der Waals surface area contributed by atoms with Gasteiger partial charge in [-0.15, -0.1) is 0 Å². The van der Waals surface area contributed by atoms with Gasteiger partial charge in [0, 0.05) is 38.8 Å². The normalized spacial score (nSPS) is 25.6. The molecule has 3 aliphatic rings. The summed E-state index contributed by atoms with van der Waals surface area (Å²) in [5.74, 6) is 0.813. The van der Waals surface area contributed by atoms with Crippen LogP contribution < -0.4 is 0 Å². The quantitative estimate of drug-likeness (QED) is 0.800. The Morgan fingerprint density at radius 1 is 0.963 bits per heavy atom.